The van der Waals surface area contributed by atoms with E-state index in [0.29, 0.717) is 5.56 Å². The van der Waals surface area contributed by atoms with E-state index in [2.05, 4.69) is 0 Å². The Morgan fingerprint density at radius 3 is 3.07 bits per heavy atom. The molecule has 2 heterocycles. The number of aldehydes is 1. The number of aromatic nitrogens is 1. The molecule has 0 amide bonds. The molecular weight excluding hydrogens is 194 g/mol. The Bertz CT molecular complexity index is 556. The van der Waals surface area contributed by atoms with E-state index in [0.717, 1.165) is 28.7 Å². The van der Waals surface area contributed by atoms with Crippen LogP contribution >= 0.6 is 0 Å². The van der Waals surface area contributed by atoms with Crippen molar-refractivity contribution in [3.05, 3.63) is 23.9 Å². The quantitative estimate of drug-likeness (QED) is 0.662. The van der Waals surface area contributed by atoms with E-state index >= 15 is 0 Å². The third-order valence-electron chi connectivity index (χ3n) is 2.64. The topological polar surface area (TPSA) is 40.5 Å². The van der Waals surface area contributed by atoms with Crippen LogP contribution in [0.4, 0.5) is 0 Å². The Morgan fingerprint density at radius 1 is 1.40 bits per heavy atom. The summed E-state index contributed by atoms with van der Waals surface area (Å²) < 4.78 is 12.6. The SMILES string of the molecule is Cn1cc(C=O)c2ccc3c(c21)OCO3. The van der Waals surface area contributed by atoms with Crippen LogP contribution in [0.25, 0.3) is 10.9 Å². The lowest BCUT2D eigenvalue weighted by Crippen LogP contribution is -1.94. The van der Waals surface area contributed by atoms with Gasteiger partial charge in [-0.1, -0.05) is 0 Å². The molecule has 1 aromatic carbocycles. The van der Waals surface area contributed by atoms with Gasteiger partial charge in [-0.05, 0) is 12.1 Å². The maximum absolute atomic E-state index is 10.8. The number of rotatable bonds is 1. The van der Waals surface area contributed by atoms with Crippen molar-refractivity contribution in [3.63, 3.8) is 0 Å². The number of carbonyl (C=O) groups is 1. The van der Waals surface area contributed by atoms with Crippen molar-refractivity contribution in [2.75, 3.05) is 6.79 Å². The summed E-state index contributed by atoms with van der Waals surface area (Å²) in [7, 11) is 1.89. The molecule has 0 radical (unpaired) electrons. The van der Waals surface area contributed by atoms with Gasteiger partial charge in [-0.25, -0.2) is 0 Å². The van der Waals surface area contributed by atoms with Crippen LogP contribution in [0.2, 0.25) is 0 Å². The molecule has 0 saturated heterocycles. The predicted molar refractivity (Wildman–Crippen MR) is 54.4 cm³/mol. The Kier molecular flexibility index (Phi) is 1.54. The van der Waals surface area contributed by atoms with Gasteiger partial charge in [0.05, 0.1) is 5.52 Å². The molecule has 0 fully saturated rings. The second kappa shape index (κ2) is 2.76. The number of aryl methyl sites for hydroxylation is 1. The van der Waals surface area contributed by atoms with E-state index in [1.807, 2.05) is 23.7 Å². The highest BCUT2D eigenvalue weighted by Crippen LogP contribution is 2.40. The molecule has 76 valence electrons. The lowest BCUT2D eigenvalue weighted by molar-refractivity contribution is 0.112. The summed E-state index contributed by atoms with van der Waals surface area (Å²) >= 11 is 0. The number of benzene rings is 1. The van der Waals surface area contributed by atoms with Crippen molar-refractivity contribution < 1.29 is 14.3 Å². The van der Waals surface area contributed by atoms with Crippen LogP contribution in [-0.4, -0.2) is 17.6 Å². The smallest absolute Gasteiger partial charge is 0.231 e. The highest BCUT2D eigenvalue weighted by molar-refractivity contribution is 6.01. The first-order chi connectivity index (χ1) is 7.31. The normalized spacial score (nSPS) is 13.4. The number of hydrogen-bond donors (Lipinski definition) is 0. The minimum atomic E-state index is 0.246. The average Bonchev–Trinajstić information content (AvgIpc) is 2.81. The van der Waals surface area contributed by atoms with Gasteiger partial charge in [-0.2, -0.15) is 0 Å². The van der Waals surface area contributed by atoms with Crippen LogP contribution < -0.4 is 9.47 Å². The first kappa shape index (κ1) is 8.35. The van der Waals surface area contributed by atoms with Crippen LogP contribution in [0.15, 0.2) is 18.3 Å². The molecule has 3 rings (SSSR count). The highest BCUT2D eigenvalue weighted by atomic mass is 16.7. The fourth-order valence-corrected chi connectivity index (χ4v) is 1.98. The summed E-state index contributed by atoms with van der Waals surface area (Å²) in [6.45, 7) is 0.246. The minimum absolute atomic E-state index is 0.246. The predicted octanol–water partition coefficient (Wildman–Crippen LogP) is 1.72. The fraction of sp³-hybridized carbons (Fsp3) is 0.182. The van der Waals surface area contributed by atoms with Crippen molar-refractivity contribution in [1.82, 2.24) is 4.57 Å². The van der Waals surface area contributed by atoms with Gasteiger partial charge >= 0.3 is 0 Å². The van der Waals surface area contributed by atoms with Gasteiger partial charge in [0.2, 0.25) is 6.79 Å². The lowest BCUT2D eigenvalue weighted by Gasteiger charge is -2.00. The fourth-order valence-electron chi connectivity index (χ4n) is 1.98. The summed E-state index contributed by atoms with van der Waals surface area (Å²) in [6, 6.07) is 3.71. The van der Waals surface area contributed by atoms with E-state index in [4.69, 9.17) is 9.47 Å². The Labute approximate surface area is 86.0 Å². The van der Waals surface area contributed by atoms with E-state index in [1.165, 1.54) is 0 Å². The van der Waals surface area contributed by atoms with Crippen molar-refractivity contribution in [1.29, 1.82) is 0 Å². The van der Waals surface area contributed by atoms with Crippen molar-refractivity contribution in [2.24, 2.45) is 7.05 Å². The molecule has 0 saturated carbocycles. The first-order valence-corrected chi connectivity index (χ1v) is 4.64. The lowest BCUT2D eigenvalue weighted by atomic mass is 10.1. The minimum Gasteiger partial charge on any atom is -0.454 e. The van der Waals surface area contributed by atoms with E-state index in [-0.39, 0.29) is 6.79 Å². The van der Waals surface area contributed by atoms with E-state index in [1.54, 1.807) is 6.20 Å². The van der Waals surface area contributed by atoms with Crippen molar-refractivity contribution in [3.8, 4) is 11.5 Å². The standard InChI is InChI=1S/C11H9NO3/c1-12-4-7(5-13)8-2-3-9-11(10(8)12)15-6-14-9/h2-5H,6H2,1H3. The summed E-state index contributed by atoms with van der Waals surface area (Å²) in [5, 5.41) is 0.900. The van der Waals surface area contributed by atoms with Crippen LogP contribution in [-0.2, 0) is 7.05 Å². The molecule has 0 N–H and O–H groups in total. The van der Waals surface area contributed by atoms with Gasteiger partial charge in [0.1, 0.15) is 0 Å². The number of ether oxygens (including phenoxy) is 2. The highest BCUT2D eigenvalue weighted by Gasteiger charge is 2.20. The monoisotopic (exact) mass is 203 g/mol. The zero-order chi connectivity index (χ0) is 10.4. The Balaban J connectivity index is 2.45. The molecule has 2 aromatic rings. The molecule has 1 aliphatic rings. The second-order valence-electron chi connectivity index (χ2n) is 3.51. The van der Waals surface area contributed by atoms with Crippen molar-refractivity contribution >= 4 is 17.2 Å². The third-order valence-corrected chi connectivity index (χ3v) is 2.64. The van der Waals surface area contributed by atoms with Gasteiger partial charge in [0.25, 0.3) is 0 Å². The van der Waals surface area contributed by atoms with Crippen molar-refractivity contribution in [2.45, 2.75) is 0 Å². The molecule has 0 bridgehead atoms. The molecular formula is C11H9NO3. The molecule has 4 heteroatoms. The number of fused-ring (bicyclic) bond motifs is 3. The van der Waals surface area contributed by atoms with E-state index in [9.17, 15) is 4.79 Å². The molecule has 0 unspecified atom stereocenters. The van der Waals surface area contributed by atoms with Crippen LogP contribution in [0, 0.1) is 0 Å². The maximum atomic E-state index is 10.8. The van der Waals surface area contributed by atoms with Gasteiger partial charge in [-0.15, -0.1) is 0 Å². The molecule has 15 heavy (non-hydrogen) atoms. The molecule has 1 aromatic heterocycles. The molecule has 1 aliphatic heterocycles. The van der Waals surface area contributed by atoms with Crippen LogP contribution in [0.1, 0.15) is 10.4 Å². The van der Waals surface area contributed by atoms with Gasteiger partial charge in [0.15, 0.2) is 17.8 Å². The number of nitrogens with zero attached hydrogens (tertiary/aromatic N) is 1. The molecule has 0 atom stereocenters. The second-order valence-corrected chi connectivity index (χ2v) is 3.51. The van der Waals surface area contributed by atoms with Gasteiger partial charge < -0.3 is 14.0 Å². The zero-order valence-corrected chi connectivity index (χ0v) is 8.19. The molecule has 0 aliphatic carbocycles. The summed E-state index contributed by atoms with van der Waals surface area (Å²) in [6.07, 6.45) is 2.64. The number of hydrogen-bond acceptors (Lipinski definition) is 3. The third kappa shape index (κ3) is 0.986. The molecule has 4 nitrogen and oxygen atoms in total. The first-order valence-electron chi connectivity index (χ1n) is 4.64. The van der Waals surface area contributed by atoms with Gasteiger partial charge in [0, 0.05) is 24.2 Å². The number of carbonyl (C=O) groups excluding carboxylic acids is 1. The average molecular weight is 203 g/mol. The van der Waals surface area contributed by atoms with Gasteiger partial charge in [-0.3, -0.25) is 4.79 Å². The van der Waals surface area contributed by atoms with Crippen LogP contribution in [0.5, 0.6) is 11.5 Å². The summed E-state index contributed by atoms with van der Waals surface area (Å²) in [5.41, 5.74) is 1.58. The molecule has 0 spiro atoms. The zero-order valence-electron chi connectivity index (χ0n) is 8.19. The maximum Gasteiger partial charge on any atom is 0.231 e. The van der Waals surface area contributed by atoms with E-state index < -0.39 is 0 Å². The summed E-state index contributed by atoms with van der Waals surface area (Å²) in [4.78, 5) is 10.8. The Hall–Kier alpha value is -1.97. The summed E-state index contributed by atoms with van der Waals surface area (Å²) in [5.74, 6) is 1.46. The Morgan fingerprint density at radius 2 is 2.27 bits per heavy atom. The van der Waals surface area contributed by atoms with Crippen LogP contribution in [0.3, 0.4) is 0 Å². The largest absolute Gasteiger partial charge is 0.454 e.